The fourth-order valence-corrected chi connectivity index (χ4v) is 1.19. The molecule has 0 saturated heterocycles. The van der Waals surface area contributed by atoms with Crippen LogP contribution in [0.25, 0.3) is 0 Å². The summed E-state index contributed by atoms with van der Waals surface area (Å²) in [5, 5.41) is 0. The van der Waals surface area contributed by atoms with Crippen molar-refractivity contribution in [2.45, 2.75) is 19.8 Å². The molecule has 0 amide bonds. The summed E-state index contributed by atoms with van der Waals surface area (Å²) in [7, 11) is 0. The van der Waals surface area contributed by atoms with Crippen LogP contribution in [-0.4, -0.2) is 13.3 Å². The summed E-state index contributed by atoms with van der Waals surface area (Å²) in [4.78, 5) is 0. The van der Waals surface area contributed by atoms with Crippen LogP contribution in [0.1, 0.15) is 25.3 Å². The minimum Gasteiger partial charge on any atom is -0.491 e. The van der Waals surface area contributed by atoms with Crippen LogP contribution < -0.4 is 4.74 Å². The molecule has 1 aromatic carbocycles. The quantitative estimate of drug-likeness (QED) is 0.724. The van der Waals surface area contributed by atoms with Crippen molar-refractivity contribution in [2.24, 2.45) is 0 Å². The van der Waals surface area contributed by atoms with E-state index in [1.54, 1.807) is 26.0 Å². The highest BCUT2D eigenvalue weighted by Crippen LogP contribution is 2.23. The summed E-state index contributed by atoms with van der Waals surface area (Å²) in [6, 6.07) is 4.56. The van der Waals surface area contributed by atoms with E-state index in [0.29, 0.717) is 12.2 Å². The molecule has 0 heterocycles. The van der Waals surface area contributed by atoms with Crippen molar-refractivity contribution < 1.29 is 13.5 Å². The molecule has 1 atom stereocenters. The third-order valence-corrected chi connectivity index (χ3v) is 2.06. The second-order valence-corrected chi connectivity index (χ2v) is 3.18. The van der Waals surface area contributed by atoms with Crippen LogP contribution in [-0.2, 0) is 0 Å². The van der Waals surface area contributed by atoms with Gasteiger partial charge in [-0.25, -0.2) is 4.39 Å². The molecule has 0 saturated carbocycles. The maximum atomic E-state index is 13.3. The fraction of sp³-hybridized carbons (Fsp3) is 0.455. The van der Waals surface area contributed by atoms with Gasteiger partial charge in [-0.1, -0.05) is 13.0 Å². The van der Waals surface area contributed by atoms with E-state index in [2.05, 4.69) is 0 Å². The van der Waals surface area contributed by atoms with Crippen LogP contribution in [0.3, 0.4) is 0 Å². The molecule has 1 aromatic rings. The Kier molecular flexibility index (Phi) is 3.86. The molecule has 0 aliphatic heterocycles. The van der Waals surface area contributed by atoms with Crippen molar-refractivity contribution in [3.63, 3.8) is 0 Å². The highest BCUT2D eigenvalue weighted by atomic mass is 19.1. The largest absolute Gasteiger partial charge is 0.491 e. The SMILES string of the molecule is CCOc1ccc(C(C)CF)cc1F. The maximum absolute atomic E-state index is 13.3. The van der Waals surface area contributed by atoms with Crippen molar-refractivity contribution in [3.05, 3.63) is 29.6 Å². The van der Waals surface area contributed by atoms with Crippen molar-refractivity contribution in [1.82, 2.24) is 0 Å². The summed E-state index contributed by atoms with van der Waals surface area (Å²) in [5.41, 5.74) is 0.661. The Morgan fingerprint density at radius 1 is 1.43 bits per heavy atom. The van der Waals surface area contributed by atoms with Gasteiger partial charge in [0.15, 0.2) is 11.6 Å². The third kappa shape index (κ3) is 2.44. The molecule has 0 fully saturated rings. The first-order valence-corrected chi connectivity index (χ1v) is 4.67. The van der Waals surface area contributed by atoms with E-state index in [4.69, 9.17) is 4.74 Å². The van der Waals surface area contributed by atoms with Gasteiger partial charge >= 0.3 is 0 Å². The molecule has 3 heteroatoms. The van der Waals surface area contributed by atoms with E-state index in [-0.39, 0.29) is 11.7 Å². The second kappa shape index (κ2) is 4.94. The van der Waals surface area contributed by atoms with Gasteiger partial charge in [-0.3, -0.25) is 4.39 Å². The highest BCUT2D eigenvalue weighted by molar-refractivity contribution is 5.31. The smallest absolute Gasteiger partial charge is 0.165 e. The first kappa shape index (κ1) is 11.0. The van der Waals surface area contributed by atoms with Gasteiger partial charge in [0, 0.05) is 5.92 Å². The summed E-state index contributed by atoms with van der Waals surface area (Å²) < 4.78 is 30.6. The number of rotatable bonds is 4. The summed E-state index contributed by atoms with van der Waals surface area (Å²) in [6.07, 6.45) is 0. The molecule has 14 heavy (non-hydrogen) atoms. The fourth-order valence-electron chi connectivity index (χ4n) is 1.19. The average Bonchev–Trinajstić information content (AvgIpc) is 2.20. The van der Waals surface area contributed by atoms with Gasteiger partial charge in [0.2, 0.25) is 0 Å². The van der Waals surface area contributed by atoms with E-state index in [1.807, 2.05) is 0 Å². The molecule has 1 unspecified atom stereocenters. The first-order chi connectivity index (χ1) is 6.69. The zero-order valence-corrected chi connectivity index (χ0v) is 8.39. The van der Waals surface area contributed by atoms with Crippen LogP contribution in [0.2, 0.25) is 0 Å². The van der Waals surface area contributed by atoms with Gasteiger partial charge in [-0.15, -0.1) is 0 Å². The molecule has 0 bridgehead atoms. The summed E-state index contributed by atoms with van der Waals surface area (Å²) in [5.74, 6) is -0.466. The van der Waals surface area contributed by atoms with Gasteiger partial charge in [0.05, 0.1) is 13.3 Å². The molecule has 1 rings (SSSR count). The lowest BCUT2D eigenvalue weighted by Gasteiger charge is -2.09. The molecule has 0 aliphatic carbocycles. The van der Waals surface area contributed by atoms with E-state index in [1.165, 1.54) is 6.07 Å². The lowest BCUT2D eigenvalue weighted by Crippen LogP contribution is -1.99. The van der Waals surface area contributed by atoms with E-state index >= 15 is 0 Å². The van der Waals surface area contributed by atoms with Gasteiger partial charge < -0.3 is 4.74 Å². The van der Waals surface area contributed by atoms with Gasteiger partial charge in [-0.05, 0) is 24.6 Å². The van der Waals surface area contributed by atoms with Crippen LogP contribution >= 0.6 is 0 Å². The highest BCUT2D eigenvalue weighted by Gasteiger charge is 2.09. The first-order valence-electron chi connectivity index (χ1n) is 4.67. The normalized spacial score (nSPS) is 12.6. The van der Waals surface area contributed by atoms with Crippen molar-refractivity contribution >= 4 is 0 Å². The number of benzene rings is 1. The predicted molar refractivity (Wildman–Crippen MR) is 52.0 cm³/mol. The monoisotopic (exact) mass is 200 g/mol. The molecular weight excluding hydrogens is 186 g/mol. The minimum absolute atomic E-state index is 0.224. The van der Waals surface area contributed by atoms with Gasteiger partial charge in [0.1, 0.15) is 0 Å². The number of hydrogen-bond acceptors (Lipinski definition) is 1. The molecule has 0 radical (unpaired) electrons. The number of ether oxygens (including phenoxy) is 1. The van der Waals surface area contributed by atoms with Crippen molar-refractivity contribution in [1.29, 1.82) is 0 Å². The second-order valence-electron chi connectivity index (χ2n) is 3.18. The van der Waals surface area contributed by atoms with Crippen molar-refractivity contribution in [3.8, 4) is 5.75 Å². The van der Waals surface area contributed by atoms with Gasteiger partial charge in [0.25, 0.3) is 0 Å². The van der Waals surface area contributed by atoms with Crippen LogP contribution in [0, 0.1) is 5.82 Å². The molecule has 0 aliphatic rings. The summed E-state index contributed by atoms with van der Waals surface area (Å²) >= 11 is 0. The van der Waals surface area contributed by atoms with Gasteiger partial charge in [-0.2, -0.15) is 0 Å². The zero-order valence-electron chi connectivity index (χ0n) is 8.39. The number of hydrogen-bond donors (Lipinski definition) is 0. The standard InChI is InChI=1S/C11H14F2O/c1-3-14-11-5-4-9(6-10(11)13)8(2)7-12/h4-6,8H,3,7H2,1-2H3. The van der Waals surface area contributed by atoms with Crippen molar-refractivity contribution in [2.75, 3.05) is 13.3 Å². The molecular formula is C11H14F2O. The average molecular weight is 200 g/mol. The predicted octanol–water partition coefficient (Wildman–Crippen LogP) is 3.30. The van der Waals surface area contributed by atoms with E-state index < -0.39 is 12.5 Å². The number of alkyl halides is 1. The van der Waals surface area contributed by atoms with E-state index in [0.717, 1.165) is 0 Å². The Morgan fingerprint density at radius 2 is 2.14 bits per heavy atom. The Morgan fingerprint density at radius 3 is 2.64 bits per heavy atom. The van der Waals surface area contributed by atoms with Crippen LogP contribution in [0.15, 0.2) is 18.2 Å². The minimum atomic E-state index is -0.479. The summed E-state index contributed by atoms with van der Waals surface area (Å²) in [6.45, 7) is 3.45. The molecule has 0 N–H and O–H groups in total. The molecule has 1 nitrogen and oxygen atoms in total. The molecule has 0 aromatic heterocycles. The van der Waals surface area contributed by atoms with Crippen LogP contribution in [0.5, 0.6) is 5.75 Å². The molecule has 0 spiro atoms. The Bertz CT molecular complexity index is 299. The zero-order chi connectivity index (χ0) is 10.6. The Labute approximate surface area is 82.7 Å². The Hall–Kier alpha value is -1.12. The Balaban J connectivity index is 2.88. The van der Waals surface area contributed by atoms with E-state index in [9.17, 15) is 8.78 Å². The third-order valence-electron chi connectivity index (χ3n) is 2.06. The van der Waals surface area contributed by atoms with Crippen LogP contribution in [0.4, 0.5) is 8.78 Å². The molecule has 78 valence electrons. The number of halogens is 2. The lowest BCUT2D eigenvalue weighted by molar-refractivity contribution is 0.321. The topological polar surface area (TPSA) is 9.23 Å². The maximum Gasteiger partial charge on any atom is 0.165 e. The lowest BCUT2D eigenvalue weighted by atomic mass is 10.0.